The minimum Gasteiger partial charge on any atom is -0.396 e. The van der Waals surface area contributed by atoms with E-state index in [1.54, 1.807) is 0 Å². The van der Waals surface area contributed by atoms with Gasteiger partial charge in [-0.3, -0.25) is 0 Å². The second-order valence-corrected chi connectivity index (χ2v) is 3.15. The first kappa shape index (κ1) is 14.4. The normalized spacial score (nSPS) is 12.2. The zero-order valence-electron chi connectivity index (χ0n) is 8.45. The maximum Gasteiger partial charge on any atom is 0.0541 e. The Morgan fingerprint density at radius 3 is 2.00 bits per heavy atom. The molecule has 1 radical (unpaired) electrons. The summed E-state index contributed by atoms with van der Waals surface area (Å²) in [5.41, 5.74) is 0. The van der Waals surface area contributed by atoms with Crippen molar-refractivity contribution in [1.82, 2.24) is 4.90 Å². The van der Waals surface area contributed by atoms with Gasteiger partial charge in [0, 0.05) is 6.61 Å². The smallest absolute Gasteiger partial charge is 0.0541 e. The van der Waals surface area contributed by atoms with E-state index in [1.165, 1.54) is 0 Å². The van der Waals surface area contributed by atoms with Crippen LogP contribution in [0.2, 0.25) is 0 Å². The Labute approximate surface area is 76.0 Å². The monoisotopic (exact) mass is 176 g/mol. The summed E-state index contributed by atoms with van der Waals surface area (Å²) < 4.78 is 0. The summed E-state index contributed by atoms with van der Waals surface area (Å²) in [6.07, 6.45) is 1.57. The van der Waals surface area contributed by atoms with Crippen LogP contribution >= 0.6 is 0 Å². The highest BCUT2D eigenvalue weighted by Crippen LogP contribution is 1.98. The molecule has 0 aliphatic carbocycles. The number of aliphatic hydroxyl groups is 2. The number of aliphatic hydroxyl groups excluding tert-OH is 2. The van der Waals surface area contributed by atoms with E-state index in [9.17, 15) is 0 Å². The Bertz CT molecular complexity index is 74.2. The van der Waals surface area contributed by atoms with Gasteiger partial charge in [0.15, 0.2) is 0 Å². The van der Waals surface area contributed by atoms with E-state index in [2.05, 4.69) is 6.92 Å². The molecule has 3 nitrogen and oxygen atoms in total. The van der Waals surface area contributed by atoms with Gasteiger partial charge in [0.25, 0.3) is 0 Å². The van der Waals surface area contributed by atoms with Crippen molar-refractivity contribution in [3.63, 3.8) is 0 Å². The van der Waals surface area contributed by atoms with E-state index < -0.39 is 0 Å². The van der Waals surface area contributed by atoms with Crippen LogP contribution in [0.1, 0.15) is 19.3 Å². The van der Waals surface area contributed by atoms with Crippen LogP contribution in [0.5, 0.6) is 0 Å². The van der Waals surface area contributed by atoms with Crippen molar-refractivity contribution in [2.75, 3.05) is 27.7 Å². The summed E-state index contributed by atoms with van der Waals surface area (Å²) in [6, 6.07) is 0. The Balaban J connectivity index is 0. The molecule has 0 saturated heterocycles. The molecule has 0 aromatic heterocycles. The van der Waals surface area contributed by atoms with Crippen LogP contribution in [0.25, 0.3) is 0 Å². The Morgan fingerprint density at radius 1 is 1.33 bits per heavy atom. The van der Waals surface area contributed by atoms with Gasteiger partial charge in [0.1, 0.15) is 0 Å². The highest BCUT2D eigenvalue weighted by molar-refractivity contribution is 4.55. The molecule has 0 rings (SSSR count). The van der Waals surface area contributed by atoms with Crippen molar-refractivity contribution >= 4 is 0 Å². The molecule has 0 heterocycles. The summed E-state index contributed by atoms with van der Waals surface area (Å²) in [5.74, 6) is 0. The molecule has 0 amide bonds. The van der Waals surface area contributed by atoms with Crippen LogP contribution in [-0.4, -0.2) is 49.0 Å². The predicted octanol–water partition coefficient (Wildman–Crippen LogP) is 0.522. The summed E-state index contributed by atoms with van der Waals surface area (Å²) >= 11 is 0. The molecule has 0 spiro atoms. The molecule has 1 unspecified atom stereocenters. The molecule has 0 aromatic carbocycles. The molecule has 0 fully saturated rings. The van der Waals surface area contributed by atoms with Crippen LogP contribution in [0, 0.1) is 6.92 Å². The van der Waals surface area contributed by atoms with Crippen molar-refractivity contribution in [2.45, 2.75) is 25.4 Å². The SMILES string of the molecule is CN(C)C.[CH2]CC(O)CCCO. The third kappa shape index (κ3) is 22.5. The van der Waals surface area contributed by atoms with Gasteiger partial charge in [-0.25, -0.2) is 0 Å². The quantitative estimate of drug-likeness (QED) is 0.656. The fourth-order valence-electron chi connectivity index (χ4n) is 0.471. The van der Waals surface area contributed by atoms with Gasteiger partial charge in [0.05, 0.1) is 6.10 Å². The topological polar surface area (TPSA) is 43.7 Å². The third-order valence-corrected chi connectivity index (χ3v) is 1.03. The predicted molar refractivity (Wildman–Crippen MR) is 51.9 cm³/mol. The number of nitrogens with zero attached hydrogens (tertiary/aromatic N) is 1. The molecule has 0 aliphatic rings. The maximum absolute atomic E-state index is 8.82. The maximum atomic E-state index is 8.82. The summed E-state index contributed by atoms with van der Waals surface area (Å²) in [5, 5.41) is 17.1. The van der Waals surface area contributed by atoms with Gasteiger partial charge in [-0.05, 0) is 40.4 Å². The van der Waals surface area contributed by atoms with E-state index >= 15 is 0 Å². The van der Waals surface area contributed by atoms with Gasteiger partial charge in [-0.15, -0.1) is 0 Å². The second-order valence-electron chi connectivity index (χ2n) is 3.15. The molecule has 0 aromatic rings. The van der Waals surface area contributed by atoms with Gasteiger partial charge in [-0.1, -0.05) is 6.92 Å². The largest absolute Gasteiger partial charge is 0.396 e. The lowest BCUT2D eigenvalue weighted by molar-refractivity contribution is 0.152. The lowest BCUT2D eigenvalue weighted by atomic mass is 10.2. The number of hydrogen-bond acceptors (Lipinski definition) is 3. The number of rotatable bonds is 4. The lowest BCUT2D eigenvalue weighted by Crippen LogP contribution is -2.04. The molecule has 75 valence electrons. The highest BCUT2D eigenvalue weighted by Gasteiger charge is 1.97. The molecule has 12 heavy (non-hydrogen) atoms. The second kappa shape index (κ2) is 10.9. The molecular formula is C9H22NO2. The van der Waals surface area contributed by atoms with Crippen molar-refractivity contribution in [3.8, 4) is 0 Å². The highest BCUT2D eigenvalue weighted by atomic mass is 16.3. The van der Waals surface area contributed by atoms with E-state index in [4.69, 9.17) is 10.2 Å². The van der Waals surface area contributed by atoms with E-state index in [1.807, 2.05) is 26.0 Å². The van der Waals surface area contributed by atoms with Gasteiger partial charge in [0.2, 0.25) is 0 Å². The van der Waals surface area contributed by atoms with Gasteiger partial charge < -0.3 is 15.1 Å². The van der Waals surface area contributed by atoms with E-state index in [0.29, 0.717) is 19.3 Å². The Morgan fingerprint density at radius 2 is 1.75 bits per heavy atom. The fraction of sp³-hybridized carbons (Fsp3) is 0.889. The van der Waals surface area contributed by atoms with Crippen molar-refractivity contribution in [1.29, 1.82) is 0 Å². The molecule has 0 bridgehead atoms. The molecule has 0 aliphatic heterocycles. The lowest BCUT2D eigenvalue weighted by Gasteiger charge is -2.03. The zero-order chi connectivity index (χ0) is 9.98. The molecule has 1 atom stereocenters. The fourth-order valence-corrected chi connectivity index (χ4v) is 0.471. The van der Waals surface area contributed by atoms with Crippen LogP contribution < -0.4 is 0 Å². The average Bonchev–Trinajstić information content (AvgIpc) is 1.99. The van der Waals surface area contributed by atoms with E-state index in [0.717, 1.165) is 0 Å². The van der Waals surface area contributed by atoms with E-state index in [-0.39, 0.29) is 12.7 Å². The number of hydrogen-bond donors (Lipinski definition) is 2. The van der Waals surface area contributed by atoms with Crippen LogP contribution in [0.15, 0.2) is 0 Å². The standard InChI is InChI=1S/C6H13O2.C3H9N/c1-2-6(8)4-3-5-7;1-4(2)3/h6-8H,1-5H2;1-3H3. The first-order valence-corrected chi connectivity index (χ1v) is 4.23. The minimum atomic E-state index is -0.317. The summed E-state index contributed by atoms with van der Waals surface area (Å²) in [6.45, 7) is 3.67. The molecule has 3 heteroatoms. The first-order valence-electron chi connectivity index (χ1n) is 4.23. The van der Waals surface area contributed by atoms with Crippen molar-refractivity contribution in [2.24, 2.45) is 0 Å². The van der Waals surface area contributed by atoms with Crippen LogP contribution in [0.4, 0.5) is 0 Å². The Hall–Kier alpha value is -0.120. The van der Waals surface area contributed by atoms with Crippen LogP contribution in [0.3, 0.4) is 0 Å². The van der Waals surface area contributed by atoms with Crippen molar-refractivity contribution in [3.05, 3.63) is 6.92 Å². The molecule has 2 N–H and O–H groups in total. The first-order chi connectivity index (χ1) is 5.54. The van der Waals surface area contributed by atoms with Crippen LogP contribution in [-0.2, 0) is 0 Å². The van der Waals surface area contributed by atoms with Gasteiger partial charge in [-0.2, -0.15) is 0 Å². The summed E-state index contributed by atoms with van der Waals surface area (Å²) in [4.78, 5) is 2.00. The molecule has 0 saturated carbocycles. The Kier molecular flexibility index (Phi) is 13.1. The summed E-state index contributed by atoms with van der Waals surface area (Å²) in [7, 11) is 6.00. The third-order valence-electron chi connectivity index (χ3n) is 1.03. The minimum absolute atomic E-state index is 0.164. The molecular weight excluding hydrogens is 154 g/mol. The average molecular weight is 176 g/mol. The van der Waals surface area contributed by atoms with Crippen molar-refractivity contribution < 1.29 is 10.2 Å². The van der Waals surface area contributed by atoms with Gasteiger partial charge >= 0.3 is 0 Å². The zero-order valence-corrected chi connectivity index (χ0v) is 8.45.